The van der Waals surface area contributed by atoms with Crippen molar-refractivity contribution in [3.05, 3.63) is 60.1 Å². The van der Waals surface area contributed by atoms with Crippen LogP contribution in [0.25, 0.3) is 0 Å². The summed E-state index contributed by atoms with van der Waals surface area (Å²) in [6.45, 7) is 0. The van der Waals surface area contributed by atoms with Crippen molar-refractivity contribution in [1.82, 2.24) is 0 Å². The van der Waals surface area contributed by atoms with Gasteiger partial charge in [-0.3, -0.25) is 0 Å². The van der Waals surface area contributed by atoms with Crippen LogP contribution in [0.4, 0.5) is 0 Å². The van der Waals surface area contributed by atoms with E-state index in [0.717, 1.165) is 12.2 Å². The maximum atomic E-state index is 5.57. The monoisotopic (exact) mass is 200 g/mol. The molecule has 1 aliphatic rings. The number of benzene rings is 1. The number of rotatable bonds is 3. The molecule has 1 aliphatic heterocycles. The second kappa shape index (κ2) is 3.55. The zero-order valence-electron chi connectivity index (χ0n) is 8.30. The quantitative estimate of drug-likeness (QED) is 0.712. The van der Waals surface area contributed by atoms with E-state index in [4.69, 9.17) is 9.15 Å². The molecule has 1 fully saturated rings. The van der Waals surface area contributed by atoms with Gasteiger partial charge in [0.25, 0.3) is 0 Å². The van der Waals surface area contributed by atoms with Gasteiger partial charge >= 0.3 is 0 Å². The molecule has 0 bridgehead atoms. The number of furan rings is 1. The first-order valence-electron chi connectivity index (χ1n) is 5.16. The lowest BCUT2D eigenvalue weighted by Gasteiger charge is -1.95. The van der Waals surface area contributed by atoms with Gasteiger partial charge in [-0.1, -0.05) is 30.3 Å². The van der Waals surface area contributed by atoms with Crippen LogP contribution in [-0.2, 0) is 11.2 Å². The third-order valence-corrected chi connectivity index (χ3v) is 2.69. The standard InChI is InChI=1S/C13H12O2/c1-2-5-10(6-3-1)9-12-13(15-12)11-7-4-8-14-11/h1-8,12-13H,9H2/t12-,13-/m0/s1. The fourth-order valence-corrected chi connectivity index (χ4v) is 1.85. The van der Waals surface area contributed by atoms with E-state index in [9.17, 15) is 0 Å². The zero-order chi connectivity index (χ0) is 10.1. The van der Waals surface area contributed by atoms with Gasteiger partial charge in [-0.2, -0.15) is 0 Å². The van der Waals surface area contributed by atoms with Crippen LogP contribution >= 0.6 is 0 Å². The van der Waals surface area contributed by atoms with E-state index in [1.54, 1.807) is 6.26 Å². The minimum atomic E-state index is 0.167. The highest BCUT2D eigenvalue weighted by atomic mass is 16.6. The molecule has 3 rings (SSSR count). The molecular weight excluding hydrogens is 188 g/mol. The minimum absolute atomic E-state index is 0.167. The Bertz CT molecular complexity index is 419. The summed E-state index contributed by atoms with van der Waals surface area (Å²) in [5.74, 6) is 0.941. The topological polar surface area (TPSA) is 25.7 Å². The Hall–Kier alpha value is -1.54. The summed E-state index contributed by atoms with van der Waals surface area (Å²) >= 11 is 0. The van der Waals surface area contributed by atoms with Crippen LogP contribution in [-0.4, -0.2) is 6.10 Å². The van der Waals surface area contributed by atoms with E-state index >= 15 is 0 Å². The second-order valence-corrected chi connectivity index (χ2v) is 3.80. The van der Waals surface area contributed by atoms with E-state index in [2.05, 4.69) is 24.3 Å². The molecule has 2 nitrogen and oxygen atoms in total. The Morgan fingerprint density at radius 2 is 1.87 bits per heavy atom. The van der Waals surface area contributed by atoms with E-state index in [1.807, 2.05) is 18.2 Å². The molecule has 1 saturated heterocycles. The van der Waals surface area contributed by atoms with Gasteiger partial charge in [0.2, 0.25) is 0 Å². The van der Waals surface area contributed by atoms with Gasteiger partial charge in [0.1, 0.15) is 11.9 Å². The molecular formula is C13H12O2. The number of hydrogen-bond acceptors (Lipinski definition) is 2. The van der Waals surface area contributed by atoms with Crippen molar-refractivity contribution in [3.63, 3.8) is 0 Å². The molecule has 1 aromatic heterocycles. The molecule has 2 atom stereocenters. The lowest BCUT2D eigenvalue weighted by molar-refractivity contribution is 0.347. The highest BCUT2D eigenvalue weighted by molar-refractivity contribution is 5.19. The molecule has 0 saturated carbocycles. The van der Waals surface area contributed by atoms with Crippen molar-refractivity contribution < 1.29 is 9.15 Å². The number of hydrogen-bond donors (Lipinski definition) is 0. The summed E-state index contributed by atoms with van der Waals surface area (Å²) in [4.78, 5) is 0. The number of ether oxygens (including phenoxy) is 1. The van der Waals surface area contributed by atoms with Gasteiger partial charge in [0.05, 0.1) is 12.4 Å². The first-order valence-corrected chi connectivity index (χ1v) is 5.16. The maximum Gasteiger partial charge on any atom is 0.142 e. The van der Waals surface area contributed by atoms with Crippen molar-refractivity contribution in [2.24, 2.45) is 0 Å². The van der Waals surface area contributed by atoms with Gasteiger partial charge in [0.15, 0.2) is 0 Å². The third-order valence-electron chi connectivity index (χ3n) is 2.69. The van der Waals surface area contributed by atoms with Crippen LogP contribution < -0.4 is 0 Å². The van der Waals surface area contributed by atoms with Crippen LogP contribution in [0.3, 0.4) is 0 Å². The van der Waals surface area contributed by atoms with Crippen molar-refractivity contribution in [2.75, 3.05) is 0 Å². The van der Waals surface area contributed by atoms with Crippen molar-refractivity contribution in [1.29, 1.82) is 0 Å². The van der Waals surface area contributed by atoms with E-state index < -0.39 is 0 Å². The summed E-state index contributed by atoms with van der Waals surface area (Å²) in [7, 11) is 0. The molecule has 2 aromatic rings. The lowest BCUT2D eigenvalue weighted by atomic mass is 10.1. The number of epoxide rings is 1. The van der Waals surface area contributed by atoms with E-state index in [1.165, 1.54) is 5.56 Å². The molecule has 2 heteroatoms. The Balaban J connectivity index is 1.64. The van der Waals surface area contributed by atoms with Crippen LogP contribution in [0, 0.1) is 0 Å². The molecule has 15 heavy (non-hydrogen) atoms. The molecule has 0 aliphatic carbocycles. The predicted molar refractivity (Wildman–Crippen MR) is 56.5 cm³/mol. The first-order chi connectivity index (χ1) is 7.43. The zero-order valence-corrected chi connectivity index (χ0v) is 8.30. The molecule has 76 valence electrons. The molecule has 1 aromatic carbocycles. The van der Waals surface area contributed by atoms with Crippen LogP contribution in [0.1, 0.15) is 17.4 Å². The molecule has 0 spiro atoms. The molecule has 0 N–H and O–H groups in total. The summed E-state index contributed by atoms with van der Waals surface area (Å²) in [6.07, 6.45) is 3.11. The Kier molecular flexibility index (Phi) is 2.07. The van der Waals surface area contributed by atoms with Gasteiger partial charge in [-0.05, 0) is 17.7 Å². The van der Waals surface area contributed by atoms with Gasteiger partial charge in [-0.15, -0.1) is 0 Å². The van der Waals surface area contributed by atoms with Crippen molar-refractivity contribution >= 4 is 0 Å². The predicted octanol–water partition coefficient (Wildman–Crippen LogP) is 2.96. The minimum Gasteiger partial charge on any atom is -0.466 e. The molecule has 0 amide bonds. The first kappa shape index (κ1) is 8.74. The fourth-order valence-electron chi connectivity index (χ4n) is 1.85. The summed E-state index contributed by atoms with van der Waals surface area (Å²) in [6, 6.07) is 14.3. The summed E-state index contributed by atoms with van der Waals surface area (Å²) in [5, 5.41) is 0. The molecule has 2 heterocycles. The highest BCUT2D eigenvalue weighted by Crippen LogP contribution is 2.40. The SMILES string of the molecule is c1ccc(C[C@@H]2O[C@H]2c2ccco2)cc1. The largest absolute Gasteiger partial charge is 0.466 e. The van der Waals surface area contributed by atoms with E-state index in [0.29, 0.717) is 6.10 Å². The van der Waals surface area contributed by atoms with Crippen molar-refractivity contribution in [2.45, 2.75) is 18.6 Å². The second-order valence-electron chi connectivity index (χ2n) is 3.80. The van der Waals surface area contributed by atoms with Crippen LogP contribution in [0.5, 0.6) is 0 Å². The van der Waals surface area contributed by atoms with Gasteiger partial charge in [-0.25, -0.2) is 0 Å². The van der Waals surface area contributed by atoms with Gasteiger partial charge < -0.3 is 9.15 Å². The molecule has 0 radical (unpaired) electrons. The summed E-state index contributed by atoms with van der Waals surface area (Å²) < 4.78 is 10.9. The smallest absolute Gasteiger partial charge is 0.142 e. The Labute approximate surface area is 88.5 Å². The average molecular weight is 200 g/mol. The normalized spacial score (nSPS) is 24.0. The van der Waals surface area contributed by atoms with Crippen molar-refractivity contribution in [3.8, 4) is 0 Å². The van der Waals surface area contributed by atoms with Gasteiger partial charge in [0, 0.05) is 6.42 Å². The fraction of sp³-hybridized carbons (Fsp3) is 0.231. The van der Waals surface area contributed by atoms with Crippen LogP contribution in [0.15, 0.2) is 53.1 Å². The third kappa shape index (κ3) is 1.81. The average Bonchev–Trinajstić information content (AvgIpc) is 2.82. The summed E-state index contributed by atoms with van der Waals surface area (Å²) in [5.41, 5.74) is 1.32. The Morgan fingerprint density at radius 1 is 1.00 bits per heavy atom. The van der Waals surface area contributed by atoms with Crippen LogP contribution in [0.2, 0.25) is 0 Å². The molecule has 0 unspecified atom stereocenters. The maximum absolute atomic E-state index is 5.57. The Morgan fingerprint density at radius 3 is 2.60 bits per heavy atom. The lowest BCUT2D eigenvalue weighted by Crippen LogP contribution is -1.93. The van der Waals surface area contributed by atoms with E-state index in [-0.39, 0.29) is 6.10 Å². The highest BCUT2D eigenvalue weighted by Gasteiger charge is 2.41.